The summed E-state index contributed by atoms with van der Waals surface area (Å²) in [4.78, 5) is 19.2. The molecule has 3 rings (SSSR count). The first-order chi connectivity index (χ1) is 16.6. The number of nitrogens with zero attached hydrogens (tertiary/aromatic N) is 3. The molecular weight excluding hydrogens is 462 g/mol. The molecule has 2 aromatic carbocycles. The topological polar surface area (TPSA) is 79.8 Å². The smallest absolute Gasteiger partial charge is 0.264 e. The highest BCUT2D eigenvalue weighted by Gasteiger charge is 2.29. The van der Waals surface area contributed by atoms with E-state index in [4.69, 9.17) is 4.74 Å². The van der Waals surface area contributed by atoms with E-state index in [-0.39, 0.29) is 28.4 Å². The summed E-state index contributed by atoms with van der Waals surface area (Å²) in [6, 6.07) is 19.6. The first-order valence-electron chi connectivity index (χ1n) is 11.5. The van der Waals surface area contributed by atoms with Crippen LogP contribution in [0, 0.1) is 0 Å². The van der Waals surface area contributed by atoms with Crippen LogP contribution in [0.2, 0.25) is 0 Å². The Hall–Kier alpha value is -3.39. The average Bonchev–Trinajstić information content (AvgIpc) is 2.86. The largest absolute Gasteiger partial charge is 0.481 e. The number of carbonyl (C=O) groups excluding carboxylic acids is 1. The van der Waals surface area contributed by atoms with Crippen molar-refractivity contribution in [1.82, 2.24) is 9.88 Å². The summed E-state index contributed by atoms with van der Waals surface area (Å²) in [6.07, 6.45) is 1.40. The summed E-state index contributed by atoms with van der Waals surface area (Å²) in [7, 11) is -2.55. The third kappa shape index (κ3) is 6.39. The van der Waals surface area contributed by atoms with Crippen molar-refractivity contribution in [2.45, 2.75) is 44.6 Å². The van der Waals surface area contributed by atoms with Crippen molar-refractivity contribution in [2.75, 3.05) is 24.5 Å². The van der Waals surface area contributed by atoms with Gasteiger partial charge in [0.1, 0.15) is 6.54 Å². The minimum Gasteiger partial charge on any atom is -0.481 e. The Bertz CT molecular complexity index is 1220. The van der Waals surface area contributed by atoms with Crippen molar-refractivity contribution in [3.8, 4) is 5.88 Å². The van der Waals surface area contributed by atoms with Crippen LogP contribution in [0.4, 0.5) is 5.69 Å². The number of anilines is 1. The van der Waals surface area contributed by atoms with Crippen molar-refractivity contribution in [3.05, 3.63) is 84.1 Å². The van der Waals surface area contributed by atoms with Gasteiger partial charge in [-0.1, -0.05) is 63.2 Å². The highest BCUT2D eigenvalue weighted by atomic mass is 32.2. The Kier molecular flexibility index (Phi) is 8.17. The van der Waals surface area contributed by atoms with Crippen LogP contribution in [-0.4, -0.2) is 44.4 Å². The van der Waals surface area contributed by atoms with Crippen molar-refractivity contribution < 1.29 is 17.9 Å². The van der Waals surface area contributed by atoms with Crippen LogP contribution in [0.3, 0.4) is 0 Å². The number of rotatable bonds is 9. The number of carbonyl (C=O) groups is 1. The van der Waals surface area contributed by atoms with Crippen molar-refractivity contribution in [3.63, 3.8) is 0 Å². The molecule has 0 atom stereocenters. The fraction of sp³-hybridized carbons (Fsp3) is 0.333. The number of hydrogen-bond donors (Lipinski definition) is 0. The fourth-order valence-corrected chi connectivity index (χ4v) is 5.01. The van der Waals surface area contributed by atoms with Crippen LogP contribution in [-0.2, 0) is 26.8 Å². The Labute approximate surface area is 208 Å². The van der Waals surface area contributed by atoms with Gasteiger partial charge in [-0.15, -0.1) is 0 Å². The molecule has 0 aliphatic rings. The van der Waals surface area contributed by atoms with Gasteiger partial charge in [0.25, 0.3) is 10.0 Å². The van der Waals surface area contributed by atoms with Gasteiger partial charge >= 0.3 is 0 Å². The first kappa shape index (κ1) is 26.2. The molecule has 1 aromatic heterocycles. The molecule has 3 aromatic rings. The predicted molar refractivity (Wildman–Crippen MR) is 138 cm³/mol. The highest BCUT2D eigenvalue weighted by molar-refractivity contribution is 7.92. The van der Waals surface area contributed by atoms with E-state index < -0.39 is 10.0 Å². The number of methoxy groups -OCH3 is 1. The highest BCUT2D eigenvalue weighted by Crippen LogP contribution is 2.28. The maximum absolute atomic E-state index is 13.7. The van der Waals surface area contributed by atoms with E-state index in [1.165, 1.54) is 13.3 Å². The molecule has 1 heterocycles. The summed E-state index contributed by atoms with van der Waals surface area (Å²) in [5.74, 6) is 0.0493. The third-order valence-electron chi connectivity index (χ3n) is 5.76. The zero-order chi connectivity index (χ0) is 25.6. The minimum absolute atomic E-state index is 0.111. The predicted octanol–water partition coefficient (Wildman–Crippen LogP) is 4.63. The van der Waals surface area contributed by atoms with Gasteiger partial charge in [0.15, 0.2) is 0 Å². The molecule has 0 aliphatic carbocycles. The van der Waals surface area contributed by atoms with Crippen molar-refractivity contribution in [1.29, 1.82) is 0 Å². The molecule has 1 amide bonds. The molecule has 0 spiro atoms. The number of amides is 1. The lowest BCUT2D eigenvalue weighted by Gasteiger charge is -2.28. The summed E-state index contributed by atoms with van der Waals surface area (Å²) in [6.45, 7) is 8.57. The molecule has 8 heteroatoms. The first-order valence-corrected chi connectivity index (χ1v) is 12.9. The van der Waals surface area contributed by atoms with Crippen molar-refractivity contribution >= 4 is 21.6 Å². The Morgan fingerprint density at radius 3 is 2.14 bits per heavy atom. The lowest BCUT2D eigenvalue weighted by molar-refractivity contribution is -0.129. The van der Waals surface area contributed by atoms with Crippen LogP contribution in [0.1, 0.15) is 38.8 Å². The molecule has 35 heavy (non-hydrogen) atoms. The van der Waals surface area contributed by atoms with E-state index in [0.717, 1.165) is 15.4 Å². The molecule has 0 bridgehead atoms. The molecule has 186 valence electrons. The number of pyridine rings is 1. The maximum atomic E-state index is 13.7. The molecule has 0 fully saturated rings. The number of hydrogen-bond acceptors (Lipinski definition) is 5. The van der Waals surface area contributed by atoms with E-state index in [2.05, 4.69) is 25.8 Å². The Morgan fingerprint density at radius 1 is 0.971 bits per heavy atom. The van der Waals surface area contributed by atoms with E-state index in [1.807, 2.05) is 49.4 Å². The summed E-state index contributed by atoms with van der Waals surface area (Å²) in [5.41, 5.74) is 2.16. The van der Waals surface area contributed by atoms with Crippen LogP contribution >= 0.6 is 0 Å². The minimum atomic E-state index is -4.04. The van der Waals surface area contributed by atoms with Gasteiger partial charge in [0.2, 0.25) is 11.8 Å². The SMILES string of the molecule is CCN(Cc1ccccc1)C(=O)CN(c1ccc(OC)nc1)S(=O)(=O)c1ccc(C(C)(C)C)cc1. The van der Waals surface area contributed by atoms with E-state index in [9.17, 15) is 13.2 Å². The summed E-state index contributed by atoms with van der Waals surface area (Å²) in [5, 5.41) is 0. The van der Waals surface area contributed by atoms with Gasteiger partial charge in [0.05, 0.1) is 23.9 Å². The van der Waals surface area contributed by atoms with Gasteiger partial charge in [-0.3, -0.25) is 9.10 Å². The summed E-state index contributed by atoms with van der Waals surface area (Å²) < 4.78 is 33.7. The standard InChI is InChI=1S/C27H33N3O4S/c1-6-29(19-21-10-8-7-9-11-21)26(31)20-30(23-14-17-25(34-5)28-18-23)35(32,33)24-15-12-22(13-16-24)27(2,3)4/h7-18H,6,19-20H2,1-5H3. The third-order valence-corrected chi connectivity index (χ3v) is 7.54. The Morgan fingerprint density at radius 2 is 1.63 bits per heavy atom. The monoisotopic (exact) mass is 495 g/mol. The molecule has 0 unspecified atom stereocenters. The number of benzene rings is 2. The van der Waals surface area contributed by atoms with Gasteiger partial charge in [-0.2, -0.15) is 0 Å². The van der Waals surface area contributed by atoms with Crippen LogP contribution < -0.4 is 9.04 Å². The lowest BCUT2D eigenvalue weighted by atomic mass is 9.87. The van der Waals surface area contributed by atoms with Gasteiger partial charge in [-0.25, -0.2) is 13.4 Å². The molecule has 7 nitrogen and oxygen atoms in total. The maximum Gasteiger partial charge on any atom is 0.264 e. The van der Waals surface area contributed by atoms with E-state index >= 15 is 0 Å². The Balaban J connectivity index is 1.96. The number of ether oxygens (including phenoxy) is 1. The molecule has 0 saturated heterocycles. The number of aromatic nitrogens is 1. The second-order valence-electron chi connectivity index (χ2n) is 9.24. The van der Waals surface area contributed by atoms with Gasteiger partial charge < -0.3 is 9.64 Å². The van der Waals surface area contributed by atoms with E-state index in [0.29, 0.717) is 19.0 Å². The number of likely N-dealkylation sites (N-methyl/N-ethyl adjacent to an activating group) is 1. The zero-order valence-electron chi connectivity index (χ0n) is 20.9. The average molecular weight is 496 g/mol. The van der Waals surface area contributed by atoms with Crippen LogP contribution in [0.5, 0.6) is 5.88 Å². The normalized spacial score (nSPS) is 11.7. The fourth-order valence-electron chi connectivity index (χ4n) is 3.61. The molecule has 0 saturated carbocycles. The molecular formula is C27H33N3O4S. The van der Waals surface area contributed by atoms with Crippen LogP contribution in [0.15, 0.2) is 77.8 Å². The molecule has 0 aliphatic heterocycles. The second-order valence-corrected chi connectivity index (χ2v) is 11.1. The number of sulfonamides is 1. The zero-order valence-corrected chi connectivity index (χ0v) is 21.7. The molecule has 0 radical (unpaired) electrons. The molecule has 0 N–H and O–H groups in total. The van der Waals surface area contributed by atoms with Gasteiger partial charge in [0, 0.05) is 19.2 Å². The van der Waals surface area contributed by atoms with Gasteiger partial charge in [-0.05, 0) is 41.7 Å². The lowest BCUT2D eigenvalue weighted by Crippen LogP contribution is -2.42. The van der Waals surface area contributed by atoms with Crippen LogP contribution in [0.25, 0.3) is 0 Å². The quantitative estimate of drug-likeness (QED) is 0.432. The van der Waals surface area contributed by atoms with Crippen molar-refractivity contribution in [2.24, 2.45) is 0 Å². The van der Waals surface area contributed by atoms with E-state index in [1.54, 1.807) is 29.2 Å². The summed E-state index contributed by atoms with van der Waals surface area (Å²) >= 11 is 0. The second kappa shape index (κ2) is 10.9.